The van der Waals surface area contributed by atoms with Gasteiger partial charge in [0.15, 0.2) is 0 Å². The fourth-order valence-corrected chi connectivity index (χ4v) is 5.26. The molecule has 0 spiro atoms. The predicted molar refractivity (Wildman–Crippen MR) is 62.0 cm³/mol. The van der Waals surface area contributed by atoms with Gasteiger partial charge in [-0.25, -0.2) is 0 Å². The van der Waals surface area contributed by atoms with E-state index in [2.05, 4.69) is 13.8 Å². The summed E-state index contributed by atoms with van der Waals surface area (Å²) in [6, 6.07) is 0. The number of rotatable bonds is 2. The first-order valence-corrected chi connectivity index (χ1v) is 6.69. The summed E-state index contributed by atoms with van der Waals surface area (Å²) >= 11 is 0. The van der Waals surface area contributed by atoms with Gasteiger partial charge in [0.05, 0.1) is 5.41 Å². The van der Waals surface area contributed by atoms with Gasteiger partial charge in [-0.15, -0.1) is 0 Å². The smallest absolute Gasteiger partial charge is 0.309 e. The Labute approximate surface area is 97.4 Å². The minimum Gasteiger partial charge on any atom is -0.481 e. The Kier molecular flexibility index (Phi) is 2.01. The van der Waals surface area contributed by atoms with E-state index in [1.54, 1.807) is 0 Å². The van der Waals surface area contributed by atoms with Crippen LogP contribution in [0.25, 0.3) is 0 Å². The maximum Gasteiger partial charge on any atom is 0.309 e. The molecule has 4 rings (SSSR count). The maximum absolute atomic E-state index is 11.6. The zero-order valence-corrected chi connectivity index (χ0v) is 10.3. The summed E-state index contributed by atoms with van der Waals surface area (Å²) in [7, 11) is 0. The van der Waals surface area contributed by atoms with E-state index in [-0.39, 0.29) is 5.41 Å². The Balaban J connectivity index is 2.00. The number of hydrogen-bond donors (Lipinski definition) is 1. The second-order valence-electron chi connectivity index (χ2n) is 7.06. The highest BCUT2D eigenvalue weighted by molar-refractivity contribution is 5.75. The molecule has 0 heterocycles. The molecule has 4 bridgehead atoms. The molecule has 0 aliphatic heterocycles. The third-order valence-corrected chi connectivity index (χ3v) is 5.78. The van der Waals surface area contributed by atoms with E-state index < -0.39 is 5.97 Å². The van der Waals surface area contributed by atoms with Gasteiger partial charge in [-0.1, -0.05) is 13.8 Å². The van der Waals surface area contributed by atoms with Gasteiger partial charge in [0.2, 0.25) is 0 Å². The van der Waals surface area contributed by atoms with Gasteiger partial charge >= 0.3 is 5.97 Å². The van der Waals surface area contributed by atoms with Crippen molar-refractivity contribution in [3.8, 4) is 0 Å². The second-order valence-corrected chi connectivity index (χ2v) is 7.06. The quantitative estimate of drug-likeness (QED) is 0.778. The lowest BCUT2D eigenvalue weighted by Crippen LogP contribution is -2.56. The average molecular weight is 222 g/mol. The van der Waals surface area contributed by atoms with Gasteiger partial charge in [-0.3, -0.25) is 4.79 Å². The average Bonchev–Trinajstić information content (AvgIpc) is 2.14. The van der Waals surface area contributed by atoms with Crippen molar-refractivity contribution < 1.29 is 9.90 Å². The molecule has 1 N–H and O–H groups in total. The molecule has 0 aromatic carbocycles. The van der Waals surface area contributed by atoms with Gasteiger partial charge in [0, 0.05) is 0 Å². The van der Waals surface area contributed by atoms with Crippen LogP contribution in [0, 0.1) is 28.6 Å². The topological polar surface area (TPSA) is 37.3 Å². The van der Waals surface area contributed by atoms with Crippen LogP contribution in [0.2, 0.25) is 0 Å². The van der Waals surface area contributed by atoms with Gasteiger partial charge in [0.1, 0.15) is 0 Å². The third kappa shape index (κ3) is 1.22. The highest BCUT2D eigenvalue weighted by Gasteiger charge is 2.61. The Morgan fingerprint density at radius 3 is 2.19 bits per heavy atom. The van der Waals surface area contributed by atoms with E-state index in [1.807, 2.05) is 0 Å². The van der Waals surface area contributed by atoms with Crippen LogP contribution in [0.5, 0.6) is 0 Å². The van der Waals surface area contributed by atoms with Crippen molar-refractivity contribution in [1.82, 2.24) is 0 Å². The molecule has 0 amide bonds. The highest BCUT2D eigenvalue weighted by atomic mass is 16.4. The summed E-state index contributed by atoms with van der Waals surface area (Å²) in [4.78, 5) is 11.6. The maximum atomic E-state index is 11.6. The highest BCUT2D eigenvalue weighted by Crippen LogP contribution is 2.67. The molecule has 90 valence electrons. The van der Waals surface area contributed by atoms with Gasteiger partial charge in [-0.2, -0.15) is 0 Å². The Morgan fingerprint density at radius 2 is 1.75 bits per heavy atom. The van der Waals surface area contributed by atoms with Crippen LogP contribution in [-0.4, -0.2) is 11.1 Å². The van der Waals surface area contributed by atoms with Crippen LogP contribution in [0.15, 0.2) is 0 Å². The number of hydrogen-bond acceptors (Lipinski definition) is 1. The van der Waals surface area contributed by atoms with Gasteiger partial charge in [-0.05, 0) is 61.7 Å². The first-order valence-electron chi connectivity index (χ1n) is 6.69. The molecule has 0 unspecified atom stereocenters. The van der Waals surface area contributed by atoms with E-state index in [1.165, 1.54) is 19.3 Å². The van der Waals surface area contributed by atoms with Gasteiger partial charge < -0.3 is 5.11 Å². The standard InChI is InChI=1S/C14H22O2/c1-9(2)13-4-10-3-11(5-13)7-14(6-10,8-13)12(15)16/h9-11H,3-8H2,1-2H3,(H,15,16)/t10-,11-,13?,14?/m1/s1. The van der Waals surface area contributed by atoms with Crippen molar-refractivity contribution in [2.75, 3.05) is 0 Å². The van der Waals surface area contributed by atoms with Crippen molar-refractivity contribution in [2.45, 2.75) is 52.4 Å². The third-order valence-electron chi connectivity index (χ3n) is 5.78. The summed E-state index contributed by atoms with van der Waals surface area (Å²) < 4.78 is 0. The molecule has 4 aliphatic rings. The molecule has 2 heteroatoms. The molecular formula is C14H22O2. The van der Waals surface area contributed by atoms with Crippen molar-refractivity contribution in [3.63, 3.8) is 0 Å². The fraction of sp³-hybridized carbons (Fsp3) is 0.929. The summed E-state index contributed by atoms with van der Waals surface area (Å²) in [5.41, 5.74) is 0.0246. The fourth-order valence-electron chi connectivity index (χ4n) is 5.26. The van der Waals surface area contributed by atoms with E-state index in [0.717, 1.165) is 19.3 Å². The predicted octanol–water partition coefficient (Wildman–Crippen LogP) is 3.31. The Morgan fingerprint density at radius 1 is 1.19 bits per heavy atom. The molecule has 0 saturated heterocycles. The van der Waals surface area contributed by atoms with Crippen molar-refractivity contribution >= 4 is 5.97 Å². The first-order chi connectivity index (χ1) is 7.46. The first kappa shape index (κ1) is 10.6. The molecular weight excluding hydrogens is 200 g/mol. The zero-order valence-electron chi connectivity index (χ0n) is 10.3. The minimum absolute atomic E-state index is 0.339. The molecule has 0 radical (unpaired) electrons. The van der Waals surface area contributed by atoms with Crippen LogP contribution in [0.1, 0.15) is 52.4 Å². The van der Waals surface area contributed by atoms with E-state index in [4.69, 9.17) is 0 Å². The molecule has 4 saturated carbocycles. The summed E-state index contributed by atoms with van der Waals surface area (Å²) in [5.74, 6) is 1.56. The van der Waals surface area contributed by atoms with Crippen LogP contribution in [0.3, 0.4) is 0 Å². The molecule has 0 aromatic rings. The summed E-state index contributed by atoms with van der Waals surface area (Å²) in [5, 5.41) is 9.57. The van der Waals surface area contributed by atoms with Gasteiger partial charge in [0.25, 0.3) is 0 Å². The van der Waals surface area contributed by atoms with E-state index in [0.29, 0.717) is 23.2 Å². The second kappa shape index (κ2) is 3.02. The van der Waals surface area contributed by atoms with Crippen LogP contribution < -0.4 is 0 Å². The SMILES string of the molecule is CC(C)C12C[C@H]3C[C@@H](CC(C(=O)O)(C3)C1)C2. The lowest BCUT2D eigenvalue weighted by molar-refractivity contribution is -0.179. The lowest BCUT2D eigenvalue weighted by atomic mass is 9.42. The molecule has 0 aromatic heterocycles. The summed E-state index contributed by atoms with van der Waals surface area (Å²) in [6.07, 6.45) is 6.80. The Bertz CT molecular complexity index is 318. The van der Waals surface area contributed by atoms with Crippen molar-refractivity contribution in [3.05, 3.63) is 0 Å². The molecule has 2 nitrogen and oxygen atoms in total. The minimum atomic E-state index is -0.508. The molecule has 16 heavy (non-hydrogen) atoms. The summed E-state index contributed by atoms with van der Waals surface area (Å²) in [6.45, 7) is 4.59. The zero-order chi connectivity index (χ0) is 11.6. The van der Waals surface area contributed by atoms with Crippen LogP contribution in [-0.2, 0) is 4.79 Å². The number of aliphatic carboxylic acids is 1. The lowest BCUT2D eigenvalue weighted by Gasteiger charge is -2.62. The monoisotopic (exact) mass is 222 g/mol. The molecule has 4 fully saturated rings. The molecule has 2 atom stereocenters. The van der Waals surface area contributed by atoms with Crippen LogP contribution >= 0.6 is 0 Å². The van der Waals surface area contributed by atoms with E-state index in [9.17, 15) is 9.90 Å². The normalized spacial score (nSPS) is 49.9. The van der Waals surface area contributed by atoms with Crippen LogP contribution in [0.4, 0.5) is 0 Å². The number of carboxylic acid groups (broad SMARTS) is 1. The van der Waals surface area contributed by atoms with Crippen molar-refractivity contribution in [1.29, 1.82) is 0 Å². The molecule has 4 aliphatic carbocycles. The van der Waals surface area contributed by atoms with E-state index >= 15 is 0 Å². The van der Waals surface area contributed by atoms with Crippen molar-refractivity contribution in [2.24, 2.45) is 28.6 Å². The Hall–Kier alpha value is -0.530. The largest absolute Gasteiger partial charge is 0.481 e. The number of carbonyl (C=O) groups is 1. The number of carboxylic acids is 1.